The van der Waals surface area contributed by atoms with E-state index in [1.165, 1.54) is 17.7 Å². The molecule has 0 heterocycles. The van der Waals surface area contributed by atoms with Crippen LogP contribution in [0.25, 0.3) is 0 Å². The van der Waals surface area contributed by atoms with E-state index in [-0.39, 0.29) is 36.8 Å². The molecule has 0 aliphatic heterocycles. The van der Waals surface area contributed by atoms with Crippen molar-refractivity contribution in [3.05, 3.63) is 72.4 Å². The molecule has 30 heavy (non-hydrogen) atoms. The SMILES string of the molecule is CCC=NC(=NC)c1ccc(NC(Cl)(Cl)Cl)c(F)c1.Cc1cc[c-]cc1.F[CH-]F.[U+2]. The fourth-order valence-corrected chi connectivity index (χ4v) is 2.12. The van der Waals surface area contributed by atoms with E-state index in [9.17, 15) is 13.2 Å². The Labute approximate surface area is 214 Å². The maximum absolute atomic E-state index is 13.9. The summed E-state index contributed by atoms with van der Waals surface area (Å²) in [6.07, 6.45) is 2.47. The van der Waals surface area contributed by atoms with Crippen molar-refractivity contribution in [2.45, 2.75) is 24.2 Å². The summed E-state index contributed by atoms with van der Waals surface area (Å²) < 4.78 is 31.1. The minimum Gasteiger partial charge on any atom is -0.425 e. The standard InChI is InChI=1S/C12H13Cl3FN3.C7H7.CHF2.U/c1-3-6-18-11(17-2)8-4-5-10(9(16)7-8)19-12(13,14)15;1-7-5-3-2-4-6-7;2-1-3;/h4-7,19H,3H2,1-2H3;3-6H,1H3;1H;/q;2*-1;+2. The van der Waals surface area contributed by atoms with Crippen LogP contribution in [0.2, 0.25) is 0 Å². The first kappa shape index (κ1) is 31.5. The number of amidine groups is 1. The molecular weight excluding hydrogens is 684 g/mol. The van der Waals surface area contributed by atoms with Crippen molar-refractivity contribution in [1.82, 2.24) is 0 Å². The van der Waals surface area contributed by atoms with Gasteiger partial charge in [-0.25, -0.2) is 9.38 Å². The molecule has 2 rings (SSSR count). The van der Waals surface area contributed by atoms with Crippen LogP contribution in [0.4, 0.5) is 18.9 Å². The average Bonchev–Trinajstić information content (AvgIpc) is 2.65. The monoisotopic (exact) mass is 703 g/mol. The van der Waals surface area contributed by atoms with Crippen LogP contribution in [0, 0.1) is 56.8 Å². The molecule has 0 unspecified atom stereocenters. The van der Waals surface area contributed by atoms with Crippen LogP contribution in [-0.2, 0) is 0 Å². The Morgan fingerprint density at radius 2 is 1.77 bits per heavy atom. The molecule has 0 aliphatic rings. The second-order valence-corrected chi connectivity index (χ2v) is 7.53. The largest absolute Gasteiger partial charge is 2.00 e. The molecule has 2 aromatic rings. The zero-order chi connectivity index (χ0) is 22.3. The number of aliphatic imine (C=N–C) groups is 2. The molecule has 0 fully saturated rings. The summed E-state index contributed by atoms with van der Waals surface area (Å²) in [5.41, 5.74) is 1.94. The van der Waals surface area contributed by atoms with Gasteiger partial charge in [-0.3, -0.25) is 4.99 Å². The first-order valence-corrected chi connectivity index (χ1v) is 9.40. The quantitative estimate of drug-likeness (QED) is 0.118. The van der Waals surface area contributed by atoms with Gasteiger partial charge in [-0.15, -0.1) is 0 Å². The van der Waals surface area contributed by atoms with E-state index in [1.807, 2.05) is 31.2 Å². The van der Waals surface area contributed by atoms with Gasteiger partial charge < -0.3 is 14.1 Å². The molecule has 0 saturated heterocycles. The average molecular weight is 705 g/mol. The number of alkyl halides is 3. The van der Waals surface area contributed by atoms with Gasteiger partial charge in [0.05, 0.1) is 5.69 Å². The van der Waals surface area contributed by atoms with Crippen molar-refractivity contribution in [3.8, 4) is 0 Å². The number of aryl methyl sites for hydroxylation is 1. The minimum atomic E-state index is -1.76. The third kappa shape index (κ3) is 15.1. The molecule has 0 saturated carbocycles. The molecular formula is C20H21Cl3F3N3U. The topological polar surface area (TPSA) is 36.8 Å². The third-order valence-corrected chi connectivity index (χ3v) is 3.28. The molecule has 1 N–H and O–H groups in total. The van der Waals surface area contributed by atoms with E-state index < -0.39 is 16.7 Å². The molecule has 162 valence electrons. The van der Waals surface area contributed by atoms with E-state index in [0.29, 0.717) is 11.4 Å². The fraction of sp³-hybridized carbons (Fsp3) is 0.250. The summed E-state index contributed by atoms with van der Waals surface area (Å²) in [7, 11) is 1.59. The van der Waals surface area contributed by atoms with Gasteiger partial charge in [0.15, 0.2) is 5.84 Å². The number of anilines is 1. The number of nitrogens with one attached hydrogen (secondary N) is 1. The molecule has 0 spiro atoms. The van der Waals surface area contributed by atoms with Gasteiger partial charge >= 0.3 is 31.1 Å². The van der Waals surface area contributed by atoms with Crippen LogP contribution < -0.4 is 5.32 Å². The van der Waals surface area contributed by atoms with Gasteiger partial charge in [-0.05, 0) is 31.5 Å². The van der Waals surface area contributed by atoms with E-state index in [1.54, 1.807) is 19.3 Å². The van der Waals surface area contributed by atoms with E-state index >= 15 is 0 Å². The number of hydrogen-bond donors (Lipinski definition) is 1. The number of rotatable bonds is 3. The predicted molar refractivity (Wildman–Crippen MR) is 118 cm³/mol. The Hall–Kier alpha value is -0.708. The van der Waals surface area contributed by atoms with Crippen molar-refractivity contribution in [2.75, 3.05) is 12.4 Å². The summed E-state index contributed by atoms with van der Waals surface area (Å²) in [5, 5.41) is 2.42. The zero-order valence-electron chi connectivity index (χ0n) is 16.6. The summed E-state index contributed by atoms with van der Waals surface area (Å²) in [6, 6.07) is 15.2. The first-order valence-electron chi connectivity index (χ1n) is 8.27. The molecule has 2 aromatic carbocycles. The number of halogens is 6. The Morgan fingerprint density at radius 3 is 2.13 bits per heavy atom. The van der Waals surface area contributed by atoms with E-state index in [0.717, 1.165) is 6.42 Å². The molecule has 3 nitrogen and oxygen atoms in total. The second kappa shape index (κ2) is 17.9. The summed E-state index contributed by atoms with van der Waals surface area (Å²) in [5.74, 6) is -0.0992. The van der Waals surface area contributed by atoms with Crippen LogP contribution in [0.1, 0.15) is 24.5 Å². The van der Waals surface area contributed by atoms with Crippen LogP contribution in [0.15, 0.2) is 52.4 Å². The Bertz CT molecular complexity index is 771. The number of benzene rings is 2. The van der Waals surface area contributed by atoms with Crippen molar-refractivity contribution in [1.29, 1.82) is 0 Å². The van der Waals surface area contributed by atoms with Gasteiger partial charge in [0.2, 0.25) is 0 Å². The van der Waals surface area contributed by atoms with Crippen molar-refractivity contribution >= 4 is 52.5 Å². The van der Waals surface area contributed by atoms with E-state index in [4.69, 9.17) is 34.8 Å². The third-order valence-electron chi connectivity index (χ3n) is 3.00. The normalized spacial score (nSPS) is 10.9. The molecule has 0 radical (unpaired) electrons. The zero-order valence-corrected chi connectivity index (χ0v) is 23.0. The van der Waals surface area contributed by atoms with Gasteiger partial charge in [0.1, 0.15) is 5.82 Å². The Morgan fingerprint density at radius 1 is 1.20 bits per heavy atom. The first-order chi connectivity index (χ1) is 13.7. The van der Waals surface area contributed by atoms with Crippen LogP contribution in [-0.4, -0.2) is 23.0 Å². The van der Waals surface area contributed by atoms with Crippen molar-refractivity contribution in [3.63, 3.8) is 0 Å². The van der Waals surface area contributed by atoms with Crippen LogP contribution in [0.3, 0.4) is 0 Å². The molecule has 0 aromatic heterocycles. The molecule has 0 amide bonds. The fourth-order valence-electron chi connectivity index (χ4n) is 1.82. The van der Waals surface area contributed by atoms with Crippen molar-refractivity contribution in [2.24, 2.45) is 9.98 Å². The maximum atomic E-state index is 13.9. The Balaban J connectivity index is 0. The predicted octanol–water partition coefficient (Wildman–Crippen LogP) is 7.26. The van der Waals surface area contributed by atoms with Gasteiger partial charge in [0, 0.05) is 18.8 Å². The van der Waals surface area contributed by atoms with Gasteiger partial charge in [-0.2, -0.15) is 35.9 Å². The van der Waals surface area contributed by atoms with Crippen LogP contribution >= 0.6 is 34.8 Å². The number of nitrogens with zero attached hydrogens (tertiary/aromatic N) is 2. The van der Waals surface area contributed by atoms with E-state index in [2.05, 4.69) is 28.3 Å². The Kier molecular flexibility index (Phi) is 18.8. The van der Waals surface area contributed by atoms with Gasteiger partial charge in [0.25, 0.3) is 3.92 Å². The molecule has 10 heteroatoms. The second-order valence-electron chi connectivity index (χ2n) is 5.24. The summed E-state index contributed by atoms with van der Waals surface area (Å²) >= 11 is 16.6. The minimum absolute atomic E-state index is 0. The van der Waals surface area contributed by atoms with Crippen molar-refractivity contribution < 1.29 is 44.3 Å². The summed E-state index contributed by atoms with van der Waals surface area (Å²) in [6.45, 7) is 3.01. The van der Waals surface area contributed by atoms with Gasteiger partial charge in [-0.1, -0.05) is 48.7 Å². The summed E-state index contributed by atoms with van der Waals surface area (Å²) in [4.78, 5) is 8.13. The number of hydrogen-bond acceptors (Lipinski definition) is 2. The van der Waals surface area contributed by atoms with Crippen LogP contribution in [0.5, 0.6) is 0 Å². The molecule has 0 aliphatic carbocycles. The maximum Gasteiger partial charge on any atom is 2.00 e. The smallest absolute Gasteiger partial charge is 0.425 e. The molecule has 0 atom stereocenters. The molecule has 0 bridgehead atoms.